The smallest absolute Gasteiger partial charge is 0.135 e. The maximum absolute atomic E-state index is 8.60. The van der Waals surface area contributed by atoms with Gasteiger partial charge in [-0.05, 0) is 64.7 Å². The van der Waals surface area contributed by atoms with E-state index in [2.05, 4.69) is 116 Å². The molecule has 2 aliphatic carbocycles. The Morgan fingerprint density at radius 2 is 1.38 bits per heavy atom. The number of nitrogens with zero attached hydrogens (tertiary/aromatic N) is 2. The average molecular weight is 664 g/mol. The van der Waals surface area contributed by atoms with Gasteiger partial charge in [0.25, 0.3) is 0 Å². The Kier molecular flexibility index (Phi) is 4.70. The summed E-state index contributed by atoms with van der Waals surface area (Å²) in [5.41, 5.74) is 12.6. The van der Waals surface area contributed by atoms with Crippen molar-refractivity contribution in [3.63, 3.8) is 0 Å². The van der Waals surface area contributed by atoms with Crippen molar-refractivity contribution >= 4 is 61.1 Å². The van der Waals surface area contributed by atoms with Crippen molar-refractivity contribution in [1.82, 2.24) is 4.98 Å². The number of hydrogen-bond acceptors (Lipinski definition) is 4. The zero-order valence-electron chi connectivity index (χ0n) is 32.2. The van der Waals surface area contributed by atoms with Gasteiger partial charge in [-0.25, -0.2) is 4.98 Å². The van der Waals surface area contributed by atoms with Crippen LogP contribution in [0.25, 0.3) is 76.1 Å². The molecule has 0 bridgehead atoms. The third-order valence-corrected chi connectivity index (χ3v) is 11.6. The summed E-state index contributed by atoms with van der Waals surface area (Å²) in [7, 11) is 0. The second-order valence-electron chi connectivity index (χ2n) is 13.6. The lowest BCUT2D eigenvalue weighted by Crippen LogP contribution is -2.15. The lowest BCUT2D eigenvalue weighted by atomic mass is 9.82. The molecule has 0 amide bonds. The van der Waals surface area contributed by atoms with E-state index >= 15 is 0 Å². The third-order valence-electron chi connectivity index (χ3n) is 10.5. The number of fused-ring (bicyclic) bond motifs is 9. The van der Waals surface area contributed by atoms with Gasteiger partial charge in [-0.3, -0.25) is 0 Å². The van der Waals surface area contributed by atoms with E-state index in [1.807, 2.05) is 18.2 Å². The van der Waals surface area contributed by atoms with E-state index in [0.29, 0.717) is 5.01 Å². The highest BCUT2D eigenvalue weighted by molar-refractivity contribution is 7.19. The van der Waals surface area contributed by atoms with Crippen LogP contribution in [0.15, 0.2) is 150 Å². The Bertz CT molecular complexity index is 3110. The van der Waals surface area contributed by atoms with Crippen molar-refractivity contribution in [3.8, 4) is 43.4 Å². The molecule has 2 heterocycles. The van der Waals surface area contributed by atoms with Gasteiger partial charge in [-0.2, -0.15) is 0 Å². The molecule has 4 heteroatoms. The molecule has 0 saturated carbocycles. The zero-order chi connectivity index (χ0) is 37.5. The molecule has 0 unspecified atom stereocenters. The van der Waals surface area contributed by atoms with Crippen LogP contribution in [0.3, 0.4) is 0 Å². The van der Waals surface area contributed by atoms with Crippen LogP contribution in [0.1, 0.15) is 31.8 Å². The summed E-state index contributed by atoms with van der Waals surface area (Å²) in [4.78, 5) is 8.25. The largest absolute Gasteiger partial charge is 0.456 e. The molecule has 2 aromatic heterocycles. The molecule has 9 aromatic rings. The van der Waals surface area contributed by atoms with Gasteiger partial charge in [0.1, 0.15) is 16.2 Å². The molecular weight excluding hydrogens is 629 g/mol. The maximum atomic E-state index is 8.60. The zero-order valence-corrected chi connectivity index (χ0v) is 28.0. The van der Waals surface area contributed by atoms with E-state index in [9.17, 15) is 0 Å². The van der Waals surface area contributed by atoms with Crippen molar-refractivity contribution in [2.75, 3.05) is 4.90 Å². The Labute approximate surface area is 300 Å². The van der Waals surface area contributed by atoms with Crippen LogP contribution >= 0.6 is 11.3 Å². The second kappa shape index (κ2) is 10.0. The standard InChI is InChI=1S/C46H30N2OS/c1-46(2)37-17-8-6-13-30(37)35-25-28(19-22-38(35)46)48(29-20-24-41-36(26-29)31-14-7-9-18-40(31)49-41)39-23-21-33-42-32(39)15-10-16-34(42)44-43(33)47-45(50-44)27-11-4-3-5-12-27/h3-26H,1-2H3/i3D,4D,5D,11D,12D. The van der Waals surface area contributed by atoms with E-state index in [-0.39, 0.29) is 35.1 Å². The molecule has 2 aliphatic rings. The fourth-order valence-electron chi connectivity index (χ4n) is 8.25. The average Bonchev–Trinajstić information content (AvgIpc) is 3.93. The van der Waals surface area contributed by atoms with E-state index in [4.69, 9.17) is 16.3 Å². The molecule has 0 radical (unpaired) electrons. The number of para-hydroxylation sites is 1. The first kappa shape index (κ1) is 23.4. The number of hydrogen-bond donors (Lipinski definition) is 0. The van der Waals surface area contributed by atoms with Gasteiger partial charge < -0.3 is 9.32 Å². The molecule has 3 nitrogen and oxygen atoms in total. The molecule has 7 aromatic carbocycles. The van der Waals surface area contributed by atoms with Gasteiger partial charge >= 0.3 is 0 Å². The number of thiazole rings is 1. The normalized spacial score (nSPS) is 15.0. The Morgan fingerprint density at radius 3 is 2.30 bits per heavy atom. The van der Waals surface area contributed by atoms with Crippen molar-refractivity contribution in [1.29, 1.82) is 0 Å². The van der Waals surface area contributed by atoms with Crippen LogP contribution in [-0.2, 0) is 5.41 Å². The molecule has 0 atom stereocenters. The summed E-state index contributed by atoms with van der Waals surface area (Å²) in [6.07, 6.45) is 0. The number of furan rings is 1. The van der Waals surface area contributed by atoms with Crippen LogP contribution in [-0.4, -0.2) is 4.98 Å². The highest BCUT2D eigenvalue weighted by Crippen LogP contribution is 2.55. The monoisotopic (exact) mass is 663 g/mol. The first-order valence-corrected chi connectivity index (χ1v) is 17.5. The van der Waals surface area contributed by atoms with Crippen molar-refractivity contribution in [2.45, 2.75) is 19.3 Å². The Balaban J connectivity index is 1.13. The van der Waals surface area contributed by atoms with Crippen LogP contribution in [0.5, 0.6) is 0 Å². The molecule has 0 aliphatic heterocycles. The minimum atomic E-state index is -0.411. The van der Waals surface area contributed by atoms with Gasteiger partial charge in [0.2, 0.25) is 0 Å². The van der Waals surface area contributed by atoms with E-state index in [1.165, 1.54) is 33.6 Å². The van der Waals surface area contributed by atoms with E-state index in [1.54, 1.807) is 0 Å². The molecule has 236 valence electrons. The maximum Gasteiger partial charge on any atom is 0.135 e. The summed E-state index contributed by atoms with van der Waals surface area (Å²) >= 11 is 1.37. The fourth-order valence-corrected chi connectivity index (χ4v) is 9.32. The third kappa shape index (κ3) is 3.77. The predicted octanol–water partition coefficient (Wildman–Crippen LogP) is 13.3. The van der Waals surface area contributed by atoms with E-state index < -0.39 is 6.04 Å². The van der Waals surface area contributed by atoms with Gasteiger partial charge in [0.05, 0.1) is 23.1 Å². The van der Waals surface area contributed by atoms with Gasteiger partial charge in [0, 0.05) is 55.0 Å². The highest BCUT2D eigenvalue weighted by atomic mass is 32.1. The Morgan fingerprint density at radius 1 is 0.640 bits per heavy atom. The summed E-state index contributed by atoms with van der Waals surface area (Å²) in [5, 5.41) is 4.66. The first-order chi connectivity index (χ1) is 26.6. The molecule has 11 rings (SSSR count). The summed E-state index contributed by atoms with van der Waals surface area (Å²) in [6.45, 7) is 4.60. The minimum absolute atomic E-state index is 0.121. The topological polar surface area (TPSA) is 29.3 Å². The Hall–Kier alpha value is -5.97. The highest BCUT2D eigenvalue weighted by Gasteiger charge is 2.36. The predicted molar refractivity (Wildman–Crippen MR) is 209 cm³/mol. The number of benzene rings is 7. The molecule has 50 heavy (non-hydrogen) atoms. The van der Waals surface area contributed by atoms with Crippen molar-refractivity contribution in [3.05, 3.63) is 157 Å². The van der Waals surface area contributed by atoms with E-state index in [0.717, 1.165) is 71.5 Å². The van der Waals surface area contributed by atoms with Crippen LogP contribution in [0.2, 0.25) is 0 Å². The van der Waals surface area contributed by atoms with Gasteiger partial charge in [-0.1, -0.05) is 117 Å². The minimum Gasteiger partial charge on any atom is -0.456 e. The molecule has 0 saturated heterocycles. The lowest BCUT2D eigenvalue weighted by Gasteiger charge is -2.28. The van der Waals surface area contributed by atoms with Crippen LogP contribution in [0.4, 0.5) is 17.1 Å². The quantitative estimate of drug-likeness (QED) is 0.188. The fraction of sp³-hybridized carbons (Fsp3) is 0.0652. The summed E-state index contributed by atoms with van der Waals surface area (Å²) in [6, 6.07) is 39.1. The molecule has 0 N–H and O–H groups in total. The lowest BCUT2D eigenvalue weighted by molar-refractivity contribution is 0.660. The van der Waals surface area contributed by atoms with Gasteiger partial charge in [0.15, 0.2) is 0 Å². The van der Waals surface area contributed by atoms with Gasteiger partial charge in [-0.15, -0.1) is 11.3 Å². The molecule has 0 fully saturated rings. The van der Waals surface area contributed by atoms with Crippen LogP contribution < -0.4 is 4.90 Å². The first-order valence-electron chi connectivity index (χ1n) is 19.2. The summed E-state index contributed by atoms with van der Waals surface area (Å²) < 4.78 is 48.0. The molecule has 0 spiro atoms. The molecular formula is C46H30N2OS. The number of anilines is 3. The van der Waals surface area contributed by atoms with Crippen LogP contribution in [0, 0.1) is 0 Å². The number of rotatable bonds is 4. The summed E-state index contributed by atoms with van der Waals surface area (Å²) in [5.74, 6) is 0. The number of aromatic nitrogens is 1. The van der Waals surface area contributed by atoms with Crippen molar-refractivity contribution in [2.24, 2.45) is 0 Å². The SMILES string of the molecule is [2H]c1c([2H])c([2H])c(-c2nc3c(s2)-c2cccc4c(N(c5ccc6c(c5)-c5ccccc5C6(C)C)c5ccc6oc7ccccc7c6c5)ccc-3c24)c([2H])c1[2H]. The van der Waals surface area contributed by atoms with Crippen molar-refractivity contribution < 1.29 is 11.3 Å². The second-order valence-corrected chi connectivity index (χ2v) is 14.6.